The standard InChI is InChI=1S/C28H25ClN2O2.C9H17NO/c1-4-7-26(32)19-10-12-20(13-11-19)30-28(33)23-16-25(21-8-5-6-9-24(21)29)31-27-18(3)14-17(2)15-22(23)27;1-4-6-7-8-9(3)11-10-5-2/h5-6,8-16H,4,7H2,1-3H3,(H,30,33);5H,3-4,6-8H2,1-2H3/b;10-5+. The van der Waals surface area contributed by atoms with Gasteiger partial charge >= 0.3 is 0 Å². The Morgan fingerprint density at radius 2 is 1.70 bits per heavy atom. The zero-order valence-electron chi connectivity index (χ0n) is 26.4. The van der Waals surface area contributed by atoms with Crippen LogP contribution < -0.4 is 5.32 Å². The summed E-state index contributed by atoms with van der Waals surface area (Å²) in [6.07, 6.45) is 7.46. The van der Waals surface area contributed by atoms with Crippen molar-refractivity contribution in [3.8, 4) is 11.3 Å². The second-order valence-electron chi connectivity index (χ2n) is 10.7. The molecule has 3 aromatic carbocycles. The minimum Gasteiger partial charge on any atom is -0.362 e. The van der Waals surface area contributed by atoms with Crippen LogP contribution in [0.3, 0.4) is 0 Å². The Balaban J connectivity index is 0.000000411. The molecule has 6 nitrogen and oxygen atoms in total. The van der Waals surface area contributed by atoms with Crippen LogP contribution in [0.2, 0.25) is 5.02 Å². The molecule has 0 bridgehead atoms. The molecule has 1 N–H and O–H groups in total. The first-order chi connectivity index (χ1) is 21.2. The third-order valence-electron chi connectivity index (χ3n) is 6.93. The van der Waals surface area contributed by atoms with E-state index in [2.05, 4.69) is 30.0 Å². The number of amides is 1. The number of aryl methyl sites for hydroxylation is 2. The van der Waals surface area contributed by atoms with Gasteiger partial charge in [-0.25, -0.2) is 4.98 Å². The number of ketones is 1. The molecule has 44 heavy (non-hydrogen) atoms. The van der Waals surface area contributed by atoms with Gasteiger partial charge in [-0.05, 0) is 81.6 Å². The normalized spacial score (nSPS) is 10.8. The van der Waals surface area contributed by atoms with Crippen LogP contribution >= 0.6 is 11.6 Å². The third kappa shape index (κ3) is 9.61. The molecule has 1 amide bonds. The molecule has 7 heteroatoms. The number of oxime groups is 1. The van der Waals surface area contributed by atoms with E-state index in [9.17, 15) is 9.59 Å². The Labute approximate surface area is 266 Å². The number of halogens is 1. The van der Waals surface area contributed by atoms with Crippen LogP contribution in [0.4, 0.5) is 5.69 Å². The summed E-state index contributed by atoms with van der Waals surface area (Å²) in [6.45, 7) is 13.7. The number of pyridine rings is 1. The van der Waals surface area contributed by atoms with Crippen molar-refractivity contribution in [1.29, 1.82) is 0 Å². The molecule has 0 aliphatic rings. The van der Waals surface area contributed by atoms with Gasteiger partial charge in [-0.3, -0.25) is 9.59 Å². The van der Waals surface area contributed by atoms with E-state index in [4.69, 9.17) is 21.4 Å². The van der Waals surface area contributed by atoms with Gasteiger partial charge in [0.25, 0.3) is 5.91 Å². The summed E-state index contributed by atoms with van der Waals surface area (Å²) in [6, 6.07) is 20.3. The highest BCUT2D eigenvalue weighted by molar-refractivity contribution is 6.33. The molecule has 4 rings (SSSR count). The smallest absolute Gasteiger partial charge is 0.256 e. The predicted octanol–water partition coefficient (Wildman–Crippen LogP) is 10.5. The minimum atomic E-state index is -0.242. The summed E-state index contributed by atoms with van der Waals surface area (Å²) < 4.78 is 0. The maximum atomic E-state index is 13.4. The number of hydrogen-bond donors (Lipinski definition) is 1. The van der Waals surface area contributed by atoms with Gasteiger partial charge in [0.2, 0.25) is 0 Å². The average Bonchev–Trinajstić information content (AvgIpc) is 3.01. The summed E-state index contributed by atoms with van der Waals surface area (Å²) in [5.74, 6) is 0.621. The number of aromatic nitrogens is 1. The molecule has 4 aromatic rings. The molecule has 1 aromatic heterocycles. The number of Topliss-reactive ketones (excluding diaryl/α,β-unsaturated/α-hetero) is 1. The van der Waals surface area contributed by atoms with Crippen LogP contribution in [0.15, 0.2) is 84.2 Å². The molecule has 1 heterocycles. The highest BCUT2D eigenvalue weighted by Crippen LogP contribution is 2.32. The van der Waals surface area contributed by atoms with Crippen LogP contribution in [0, 0.1) is 13.8 Å². The van der Waals surface area contributed by atoms with Gasteiger partial charge in [0, 0.05) is 46.3 Å². The highest BCUT2D eigenvalue weighted by atomic mass is 35.5. The van der Waals surface area contributed by atoms with E-state index in [1.807, 2.05) is 58.0 Å². The average molecular weight is 612 g/mol. The third-order valence-corrected chi connectivity index (χ3v) is 7.26. The molecular formula is C37H42ClN3O3. The summed E-state index contributed by atoms with van der Waals surface area (Å²) >= 11 is 6.43. The van der Waals surface area contributed by atoms with E-state index in [-0.39, 0.29) is 11.7 Å². The van der Waals surface area contributed by atoms with E-state index in [1.54, 1.807) is 36.5 Å². The van der Waals surface area contributed by atoms with Gasteiger partial charge in [0.1, 0.15) is 5.76 Å². The SMILES string of the molecule is C=C(CCCCC)O/N=C/C.CCCC(=O)c1ccc(NC(=O)c2cc(-c3ccccc3Cl)nc3c(C)cc(C)cc23)cc1. The van der Waals surface area contributed by atoms with Crippen molar-refractivity contribution in [2.75, 3.05) is 5.32 Å². The largest absolute Gasteiger partial charge is 0.362 e. The summed E-state index contributed by atoms with van der Waals surface area (Å²) in [5.41, 5.74) is 6.03. The quantitative estimate of drug-likeness (QED) is 0.0568. The van der Waals surface area contributed by atoms with Crippen molar-refractivity contribution in [2.24, 2.45) is 5.16 Å². The van der Waals surface area contributed by atoms with E-state index < -0.39 is 0 Å². The topological polar surface area (TPSA) is 80.6 Å². The number of anilines is 1. The van der Waals surface area contributed by atoms with Crippen LogP contribution in [0.25, 0.3) is 22.2 Å². The lowest BCUT2D eigenvalue weighted by atomic mass is 9.99. The zero-order valence-corrected chi connectivity index (χ0v) is 27.1. The maximum Gasteiger partial charge on any atom is 0.256 e. The molecule has 0 atom stereocenters. The minimum absolute atomic E-state index is 0.103. The Hall–Kier alpha value is -4.29. The van der Waals surface area contributed by atoms with Crippen LogP contribution in [0.5, 0.6) is 0 Å². The molecule has 0 aliphatic heterocycles. The summed E-state index contributed by atoms with van der Waals surface area (Å²) in [5, 5.41) is 7.96. The number of unbranched alkanes of at least 4 members (excludes halogenated alkanes) is 2. The maximum absolute atomic E-state index is 13.4. The molecule has 0 fully saturated rings. The number of carbonyl (C=O) groups excluding carboxylic acids is 2. The van der Waals surface area contributed by atoms with Gasteiger partial charge < -0.3 is 10.2 Å². The fourth-order valence-electron chi connectivity index (χ4n) is 4.73. The molecule has 0 aliphatic carbocycles. The Morgan fingerprint density at radius 3 is 2.36 bits per heavy atom. The first-order valence-corrected chi connectivity index (χ1v) is 15.5. The van der Waals surface area contributed by atoms with Crippen LogP contribution in [-0.2, 0) is 4.84 Å². The fourth-order valence-corrected chi connectivity index (χ4v) is 4.96. The number of nitrogens with zero attached hydrogens (tertiary/aromatic N) is 2. The van der Waals surface area contributed by atoms with Crippen molar-refractivity contribution < 1.29 is 14.4 Å². The second kappa shape index (κ2) is 17.1. The lowest BCUT2D eigenvalue weighted by molar-refractivity contribution is 0.0980. The molecular weight excluding hydrogens is 570 g/mol. The van der Waals surface area contributed by atoms with Crippen molar-refractivity contribution in [2.45, 2.75) is 73.1 Å². The lowest BCUT2D eigenvalue weighted by Gasteiger charge is -2.14. The monoisotopic (exact) mass is 611 g/mol. The summed E-state index contributed by atoms with van der Waals surface area (Å²) in [7, 11) is 0. The van der Waals surface area contributed by atoms with Gasteiger partial charge in [0.05, 0.1) is 16.8 Å². The lowest BCUT2D eigenvalue weighted by Crippen LogP contribution is -2.13. The van der Waals surface area contributed by atoms with Gasteiger partial charge in [0.15, 0.2) is 5.78 Å². The predicted molar refractivity (Wildman–Crippen MR) is 184 cm³/mol. The Kier molecular flexibility index (Phi) is 13.3. The Bertz CT molecular complexity index is 1630. The number of allylic oxidation sites excluding steroid dienone is 1. The molecule has 0 saturated heterocycles. The van der Waals surface area contributed by atoms with Crippen LogP contribution in [0.1, 0.15) is 91.1 Å². The number of benzene rings is 3. The number of carbonyl (C=O) groups is 2. The first-order valence-electron chi connectivity index (χ1n) is 15.1. The highest BCUT2D eigenvalue weighted by Gasteiger charge is 2.17. The molecule has 0 unspecified atom stereocenters. The van der Waals surface area contributed by atoms with Crippen molar-refractivity contribution in [3.63, 3.8) is 0 Å². The van der Waals surface area contributed by atoms with E-state index in [1.165, 1.54) is 12.8 Å². The van der Waals surface area contributed by atoms with Gasteiger partial charge in [-0.1, -0.05) is 79.9 Å². The zero-order chi connectivity index (χ0) is 32.1. The van der Waals surface area contributed by atoms with E-state index in [0.717, 1.165) is 52.6 Å². The number of fused-ring (bicyclic) bond motifs is 1. The number of hydrogen-bond acceptors (Lipinski definition) is 5. The first kappa shape index (κ1) is 34.2. The van der Waals surface area contributed by atoms with Gasteiger partial charge in [-0.15, -0.1) is 0 Å². The van der Waals surface area contributed by atoms with Crippen molar-refractivity contribution in [3.05, 3.63) is 106 Å². The van der Waals surface area contributed by atoms with Gasteiger partial charge in [-0.2, -0.15) is 0 Å². The number of nitrogens with one attached hydrogen (secondary N) is 1. The van der Waals surface area contributed by atoms with E-state index in [0.29, 0.717) is 34.0 Å². The molecule has 0 radical (unpaired) electrons. The molecule has 230 valence electrons. The molecule has 0 spiro atoms. The van der Waals surface area contributed by atoms with E-state index >= 15 is 0 Å². The fraction of sp³-hybridized carbons (Fsp3) is 0.297. The van der Waals surface area contributed by atoms with Crippen LogP contribution in [-0.4, -0.2) is 22.9 Å². The Morgan fingerprint density at radius 1 is 0.977 bits per heavy atom. The van der Waals surface area contributed by atoms with Crippen molar-refractivity contribution in [1.82, 2.24) is 4.98 Å². The summed E-state index contributed by atoms with van der Waals surface area (Å²) in [4.78, 5) is 35.3. The number of rotatable bonds is 12. The molecule has 0 saturated carbocycles. The second-order valence-corrected chi connectivity index (χ2v) is 11.1. The van der Waals surface area contributed by atoms with Crippen molar-refractivity contribution >= 4 is 46.1 Å².